The molecule has 3 fully saturated rings. The molecule has 3 saturated heterocycles. The molecule has 3 aliphatic rings. The molecule has 0 spiro atoms. The van der Waals surface area contributed by atoms with Crippen LogP contribution in [0.5, 0.6) is 0 Å². The fraction of sp³-hybridized carbons (Fsp3) is 0.977. The first-order valence-corrected chi connectivity index (χ1v) is 21.7. The zero-order chi connectivity index (χ0) is 44.0. The summed E-state index contributed by atoms with van der Waals surface area (Å²) >= 11 is 0. The maximum Gasteiger partial charge on any atom is 0.311 e. The van der Waals surface area contributed by atoms with Crippen molar-refractivity contribution in [3.8, 4) is 0 Å². The maximum atomic E-state index is 14.4. The summed E-state index contributed by atoms with van der Waals surface area (Å²) < 4.78 is 44.2. The van der Waals surface area contributed by atoms with Crippen LogP contribution in [0.3, 0.4) is 0 Å². The number of nitrogens with zero attached hydrogens (tertiary/aromatic N) is 1. The number of likely N-dealkylation sites (N-methyl/N-ethyl adjacent to an activating group) is 1. The minimum atomic E-state index is -1.75. The van der Waals surface area contributed by atoms with Crippen molar-refractivity contribution in [3.05, 3.63) is 0 Å². The van der Waals surface area contributed by atoms with E-state index in [2.05, 4.69) is 31.4 Å². The summed E-state index contributed by atoms with van der Waals surface area (Å²) in [5, 5.41) is 53.9. The minimum Gasteiger partial charge on any atom is -0.459 e. The van der Waals surface area contributed by atoms with Crippen LogP contribution in [0.4, 0.5) is 0 Å². The Kier molecular flexibility index (Phi) is 18.9. The molecular formula is C43H83N3O12. The number of esters is 1. The summed E-state index contributed by atoms with van der Waals surface area (Å²) in [4.78, 5) is 16.4. The highest BCUT2D eigenvalue weighted by Gasteiger charge is 2.58. The number of hydrogen-bond acceptors (Lipinski definition) is 15. The predicted octanol–water partition coefficient (Wildman–Crippen LogP) is 2.83. The van der Waals surface area contributed by atoms with Crippen LogP contribution in [0.15, 0.2) is 0 Å². The third-order valence-electron chi connectivity index (χ3n) is 13.6. The lowest BCUT2D eigenvalue weighted by Crippen LogP contribution is -2.70. The Bertz CT molecular complexity index is 1260. The van der Waals surface area contributed by atoms with Crippen molar-refractivity contribution in [1.29, 1.82) is 0 Å². The largest absolute Gasteiger partial charge is 0.459 e. The van der Waals surface area contributed by atoms with Crippen molar-refractivity contribution < 1.29 is 58.4 Å². The van der Waals surface area contributed by atoms with Gasteiger partial charge in [0, 0.05) is 58.3 Å². The molecule has 0 saturated carbocycles. The zero-order valence-electron chi connectivity index (χ0n) is 38.4. The molecule has 58 heavy (non-hydrogen) atoms. The quantitative estimate of drug-likeness (QED) is 0.117. The Morgan fingerprint density at radius 1 is 0.966 bits per heavy atom. The molecule has 3 aliphatic heterocycles. The molecular weight excluding hydrogens is 750 g/mol. The number of rotatable bonds is 13. The predicted molar refractivity (Wildman–Crippen MR) is 221 cm³/mol. The number of aliphatic hydroxyl groups excluding tert-OH is 2. The van der Waals surface area contributed by atoms with Crippen molar-refractivity contribution in [2.24, 2.45) is 23.2 Å². The number of cyclic esters (lactones) is 1. The van der Waals surface area contributed by atoms with Crippen molar-refractivity contribution in [2.45, 2.75) is 192 Å². The first kappa shape index (κ1) is 51.3. The van der Waals surface area contributed by atoms with Crippen LogP contribution in [-0.4, -0.2) is 170 Å². The summed E-state index contributed by atoms with van der Waals surface area (Å²) in [6, 6.07) is -0.272. The monoisotopic (exact) mass is 834 g/mol. The smallest absolute Gasteiger partial charge is 0.311 e. The first-order chi connectivity index (χ1) is 26.9. The molecule has 6 N–H and O–H groups in total. The molecule has 0 aromatic carbocycles. The molecule has 0 amide bonds. The summed E-state index contributed by atoms with van der Waals surface area (Å²) in [5.74, 6) is -2.47. The summed E-state index contributed by atoms with van der Waals surface area (Å²) in [5.41, 5.74) is -4.91. The average molecular weight is 834 g/mol. The topological polar surface area (TPSA) is 190 Å². The van der Waals surface area contributed by atoms with Crippen LogP contribution in [-0.2, 0) is 38.0 Å². The fourth-order valence-corrected chi connectivity index (χ4v) is 9.71. The van der Waals surface area contributed by atoms with E-state index in [1.54, 1.807) is 35.0 Å². The third kappa shape index (κ3) is 11.9. The van der Waals surface area contributed by atoms with Gasteiger partial charge in [0.25, 0.3) is 0 Å². The van der Waals surface area contributed by atoms with Crippen LogP contribution in [0.2, 0.25) is 0 Å². The number of methoxy groups -OCH3 is 2. The van der Waals surface area contributed by atoms with E-state index < -0.39 is 89.2 Å². The number of ether oxygens (including phenoxy) is 7. The standard InChI is InChI=1S/C43H83N3O12/c1-16-32-42(11,50)36(48)25(2)23-45-26(3)21-40(8,9)37(58-39-34(47)31(46(12)13)20-27(4)54-39)28(5)35(29(6)38(49)56-32)57-33-22-41(10,53-15)43(51,30(7)55-33)24-44-18-17-19-52-14/h25-37,39,44-45,47-48,50-51H,16-24H2,1-15H3/t25-,26+,27+,28-,29+,30-,31-,32+,33+,34+,35+,36+,37+,39-,41-,42+,43+/m0/s1. The van der Waals surface area contributed by atoms with E-state index in [4.69, 9.17) is 33.2 Å². The molecule has 0 unspecified atom stereocenters. The highest BCUT2D eigenvalue weighted by Crippen LogP contribution is 2.44. The van der Waals surface area contributed by atoms with Gasteiger partial charge in [0.05, 0.1) is 36.4 Å². The molecule has 15 nitrogen and oxygen atoms in total. The highest BCUT2D eigenvalue weighted by atomic mass is 16.7. The maximum absolute atomic E-state index is 14.4. The number of nitrogens with one attached hydrogen (secondary N) is 2. The van der Waals surface area contributed by atoms with Gasteiger partial charge in [-0.15, -0.1) is 0 Å². The number of carbonyl (C=O) groups excluding carboxylic acids is 1. The van der Waals surface area contributed by atoms with E-state index >= 15 is 0 Å². The van der Waals surface area contributed by atoms with Gasteiger partial charge >= 0.3 is 5.97 Å². The lowest BCUT2D eigenvalue weighted by atomic mass is 9.72. The summed E-state index contributed by atoms with van der Waals surface area (Å²) in [6.07, 6.45) is -5.18. The summed E-state index contributed by atoms with van der Waals surface area (Å²) in [7, 11) is 7.07. The Morgan fingerprint density at radius 2 is 1.62 bits per heavy atom. The lowest BCUT2D eigenvalue weighted by Gasteiger charge is -2.54. The fourth-order valence-electron chi connectivity index (χ4n) is 9.71. The molecule has 342 valence electrons. The van der Waals surface area contributed by atoms with Gasteiger partial charge < -0.3 is 69.1 Å². The number of carbonyl (C=O) groups is 1. The van der Waals surface area contributed by atoms with E-state index in [0.29, 0.717) is 32.5 Å². The molecule has 0 aromatic rings. The molecule has 3 heterocycles. The Hall–Kier alpha value is -1.05. The van der Waals surface area contributed by atoms with Crippen LogP contribution >= 0.6 is 0 Å². The normalized spacial score (nSPS) is 45.0. The first-order valence-electron chi connectivity index (χ1n) is 21.7. The van der Waals surface area contributed by atoms with Gasteiger partial charge in [0.1, 0.15) is 29.0 Å². The van der Waals surface area contributed by atoms with Crippen molar-refractivity contribution in [3.63, 3.8) is 0 Å². The van der Waals surface area contributed by atoms with Gasteiger partial charge in [-0.2, -0.15) is 0 Å². The van der Waals surface area contributed by atoms with Gasteiger partial charge in [0.2, 0.25) is 0 Å². The van der Waals surface area contributed by atoms with Crippen LogP contribution < -0.4 is 10.6 Å². The summed E-state index contributed by atoms with van der Waals surface area (Å²) in [6.45, 7) is 22.6. The van der Waals surface area contributed by atoms with E-state index in [1.807, 2.05) is 46.7 Å². The third-order valence-corrected chi connectivity index (χ3v) is 13.6. The van der Waals surface area contributed by atoms with Crippen molar-refractivity contribution >= 4 is 5.97 Å². The highest BCUT2D eigenvalue weighted by molar-refractivity contribution is 5.73. The number of aliphatic hydroxyl groups is 4. The van der Waals surface area contributed by atoms with Crippen LogP contribution in [0, 0.1) is 23.2 Å². The Balaban J connectivity index is 2.13. The Labute approximate surface area is 349 Å². The molecule has 0 aliphatic carbocycles. The van der Waals surface area contributed by atoms with Gasteiger partial charge in [-0.1, -0.05) is 34.6 Å². The van der Waals surface area contributed by atoms with Gasteiger partial charge in [0.15, 0.2) is 12.6 Å². The second-order valence-corrected chi connectivity index (χ2v) is 19.2. The molecule has 0 radical (unpaired) electrons. The van der Waals surface area contributed by atoms with Gasteiger partial charge in [-0.05, 0) is 99.2 Å². The zero-order valence-corrected chi connectivity index (χ0v) is 38.4. The molecule has 0 aromatic heterocycles. The second kappa shape index (κ2) is 21.4. The van der Waals surface area contributed by atoms with Gasteiger partial charge in [-0.25, -0.2) is 0 Å². The number of hydrogen-bond donors (Lipinski definition) is 6. The SMILES string of the molecule is CC[C@H]1OC(=O)[C@H](C)[C@H](O[C@@H]2C[C@](C)(OC)[C@@](O)(CNCCCOC)[C@H](C)O2)[C@H](C)[C@@H](O[C@@H]2O[C@H](C)C[C@H](N(C)C)[C@H]2O)C(C)(C)C[C@@H](C)NC[C@H](C)[C@@H](O)[C@]1(C)O. The molecule has 17 atom stereocenters. The second-order valence-electron chi connectivity index (χ2n) is 19.2. The Morgan fingerprint density at radius 3 is 2.21 bits per heavy atom. The van der Waals surface area contributed by atoms with Crippen molar-refractivity contribution in [2.75, 3.05) is 54.6 Å². The minimum absolute atomic E-state index is 0.0639. The van der Waals surface area contributed by atoms with Crippen LogP contribution in [0.1, 0.15) is 108 Å². The lowest BCUT2D eigenvalue weighted by molar-refractivity contribution is -0.334. The van der Waals surface area contributed by atoms with Crippen molar-refractivity contribution in [1.82, 2.24) is 15.5 Å². The van der Waals surface area contributed by atoms with Crippen LogP contribution in [0.25, 0.3) is 0 Å². The molecule has 15 heteroatoms. The van der Waals surface area contributed by atoms with Gasteiger partial charge in [-0.3, -0.25) is 4.79 Å². The van der Waals surface area contributed by atoms with E-state index in [0.717, 1.165) is 6.42 Å². The average Bonchev–Trinajstić information content (AvgIpc) is 3.15. The van der Waals surface area contributed by atoms with E-state index in [9.17, 15) is 25.2 Å². The van der Waals surface area contributed by atoms with E-state index in [-0.39, 0.29) is 43.5 Å². The molecule has 0 bridgehead atoms. The van der Waals surface area contributed by atoms with E-state index in [1.165, 1.54) is 6.92 Å². The molecule has 3 rings (SSSR count).